The number of rotatable bonds is 4. The number of nitrogens with zero attached hydrogens (tertiary/aromatic N) is 2. The second kappa shape index (κ2) is 6.95. The number of aliphatic carboxylic acids is 1. The highest BCUT2D eigenvalue weighted by atomic mass is 35.5. The molecule has 2 heterocycles. The summed E-state index contributed by atoms with van der Waals surface area (Å²) in [6.07, 6.45) is 1.62. The molecular formula is C18H21ClN2O3. The summed E-state index contributed by atoms with van der Waals surface area (Å²) >= 11 is 5.93. The third kappa shape index (κ3) is 3.47. The van der Waals surface area contributed by atoms with Crippen molar-refractivity contribution >= 4 is 17.6 Å². The standard InChI is InChI=1S/C18H21ClN2O3/c1-11-16(13-5-7-15(19)8-6-13)24-17(20-11)12(2)21-9-3-4-14(10-21)18(22)23/h5-8,12,14H,3-4,9-10H2,1-2H3,(H,22,23). The van der Waals surface area contributed by atoms with E-state index in [9.17, 15) is 9.90 Å². The zero-order chi connectivity index (χ0) is 17.3. The van der Waals surface area contributed by atoms with Gasteiger partial charge in [0.25, 0.3) is 0 Å². The van der Waals surface area contributed by atoms with Crippen LogP contribution in [0.5, 0.6) is 0 Å². The molecule has 2 unspecified atom stereocenters. The van der Waals surface area contributed by atoms with E-state index in [0.29, 0.717) is 17.5 Å². The van der Waals surface area contributed by atoms with E-state index in [0.717, 1.165) is 36.4 Å². The Morgan fingerprint density at radius 3 is 2.79 bits per heavy atom. The molecule has 5 nitrogen and oxygen atoms in total. The maximum Gasteiger partial charge on any atom is 0.307 e. The van der Waals surface area contributed by atoms with Crippen molar-refractivity contribution in [2.75, 3.05) is 13.1 Å². The van der Waals surface area contributed by atoms with Gasteiger partial charge in [0.05, 0.1) is 17.7 Å². The third-order valence-electron chi connectivity index (χ3n) is 4.63. The minimum Gasteiger partial charge on any atom is -0.481 e. The Morgan fingerprint density at radius 1 is 1.42 bits per heavy atom. The first-order valence-corrected chi connectivity index (χ1v) is 8.53. The molecule has 0 saturated carbocycles. The molecule has 0 radical (unpaired) electrons. The molecule has 3 rings (SSSR count). The van der Waals surface area contributed by atoms with Crippen molar-refractivity contribution in [2.24, 2.45) is 5.92 Å². The fourth-order valence-corrected chi connectivity index (χ4v) is 3.31. The molecule has 1 aliphatic rings. The van der Waals surface area contributed by atoms with Crippen molar-refractivity contribution in [3.63, 3.8) is 0 Å². The number of halogens is 1. The topological polar surface area (TPSA) is 66.6 Å². The molecule has 0 aliphatic carbocycles. The van der Waals surface area contributed by atoms with Crippen LogP contribution < -0.4 is 0 Å². The van der Waals surface area contributed by atoms with Gasteiger partial charge in [-0.1, -0.05) is 11.6 Å². The number of carbonyl (C=O) groups is 1. The maximum atomic E-state index is 11.3. The largest absolute Gasteiger partial charge is 0.481 e. The average molecular weight is 349 g/mol. The Labute approximate surface area is 146 Å². The van der Waals surface area contributed by atoms with E-state index < -0.39 is 5.97 Å². The summed E-state index contributed by atoms with van der Waals surface area (Å²) in [4.78, 5) is 18.0. The Morgan fingerprint density at radius 2 is 2.12 bits per heavy atom. The van der Waals surface area contributed by atoms with Crippen LogP contribution in [0.15, 0.2) is 28.7 Å². The van der Waals surface area contributed by atoms with Gasteiger partial charge >= 0.3 is 5.97 Å². The number of likely N-dealkylation sites (tertiary alicyclic amines) is 1. The fourth-order valence-electron chi connectivity index (χ4n) is 3.18. The van der Waals surface area contributed by atoms with Crippen LogP contribution in [0.4, 0.5) is 0 Å². The van der Waals surface area contributed by atoms with Gasteiger partial charge in [0, 0.05) is 17.1 Å². The first kappa shape index (κ1) is 17.0. The summed E-state index contributed by atoms with van der Waals surface area (Å²) in [6.45, 7) is 5.33. The molecule has 6 heteroatoms. The minimum atomic E-state index is -0.725. The molecule has 0 spiro atoms. The van der Waals surface area contributed by atoms with Crippen LogP contribution >= 0.6 is 11.6 Å². The summed E-state index contributed by atoms with van der Waals surface area (Å²) < 4.78 is 6.01. The molecule has 0 bridgehead atoms. The number of hydrogen-bond donors (Lipinski definition) is 1. The lowest BCUT2D eigenvalue weighted by atomic mass is 9.97. The molecule has 1 aromatic carbocycles. The van der Waals surface area contributed by atoms with Crippen molar-refractivity contribution in [1.29, 1.82) is 0 Å². The van der Waals surface area contributed by atoms with Crippen molar-refractivity contribution in [3.05, 3.63) is 40.9 Å². The average Bonchev–Trinajstić information content (AvgIpc) is 2.97. The van der Waals surface area contributed by atoms with Crippen molar-refractivity contribution in [2.45, 2.75) is 32.7 Å². The zero-order valence-corrected chi connectivity index (χ0v) is 14.6. The van der Waals surface area contributed by atoms with Crippen molar-refractivity contribution in [1.82, 2.24) is 9.88 Å². The van der Waals surface area contributed by atoms with E-state index in [1.807, 2.05) is 38.1 Å². The van der Waals surface area contributed by atoms with Gasteiger partial charge in [-0.25, -0.2) is 4.98 Å². The van der Waals surface area contributed by atoms with E-state index >= 15 is 0 Å². The predicted molar refractivity (Wildman–Crippen MR) is 92.0 cm³/mol. The van der Waals surface area contributed by atoms with Crippen LogP contribution in [0.2, 0.25) is 5.02 Å². The van der Waals surface area contributed by atoms with E-state index in [-0.39, 0.29) is 12.0 Å². The number of aryl methyl sites for hydroxylation is 1. The van der Waals surface area contributed by atoms with Crippen molar-refractivity contribution in [3.8, 4) is 11.3 Å². The smallest absolute Gasteiger partial charge is 0.307 e. The lowest BCUT2D eigenvalue weighted by molar-refractivity contribution is -0.144. The summed E-state index contributed by atoms with van der Waals surface area (Å²) in [5, 5.41) is 9.93. The summed E-state index contributed by atoms with van der Waals surface area (Å²) in [5.41, 5.74) is 1.76. The van der Waals surface area contributed by atoms with Gasteiger partial charge in [-0.2, -0.15) is 0 Å². The Balaban J connectivity index is 1.81. The van der Waals surface area contributed by atoms with Gasteiger partial charge in [0.15, 0.2) is 5.76 Å². The van der Waals surface area contributed by atoms with Gasteiger partial charge in [0.1, 0.15) is 0 Å². The monoisotopic (exact) mass is 348 g/mol. The first-order chi connectivity index (χ1) is 11.5. The van der Waals surface area contributed by atoms with Crippen LogP contribution in [0.25, 0.3) is 11.3 Å². The lowest BCUT2D eigenvalue weighted by Crippen LogP contribution is -2.40. The second-order valence-corrected chi connectivity index (χ2v) is 6.76. The summed E-state index contributed by atoms with van der Waals surface area (Å²) in [7, 11) is 0. The van der Waals surface area contributed by atoms with Gasteiger partial charge in [-0.15, -0.1) is 0 Å². The number of oxazole rings is 1. The van der Waals surface area contributed by atoms with Crippen LogP contribution in [-0.4, -0.2) is 34.0 Å². The lowest BCUT2D eigenvalue weighted by Gasteiger charge is -2.33. The number of carboxylic acid groups (broad SMARTS) is 1. The highest BCUT2D eigenvalue weighted by Crippen LogP contribution is 2.31. The van der Waals surface area contributed by atoms with Crippen molar-refractivity contribution < 1.29 is 14.3 Å². The Kier molecular flexibility index (Phi) is 4.92. The molecule has 2 atom stereocenters. The molecular weight excluding hydrogens is 328 g/mol. The Bertz CT molecular complexity index is 726. The van der Waals surface area contributed by atoms with Crippen LogP contribution in [-0.2, 0) is 4.79 Å². The van der Waals surface area contributed by atoms with Gasteiger partial charge in [-0.3, -0.25) is 9.69 Å². The minimum absolute atomic E-state index is 0.0492. The van der Waals surface area contributed by atoms with E-state index in [2.05, 4.69) is 9.88 Å². The highest BCUT2D eigenvalue weighted by Gasteiger charge is 2.30. The van der Waals surface area contributed by atoms with Crippen LogP contribution in [0, 0.1) is 12.8 Å². The molecule has 128 valence electrons. The number of piperidine rings is 1. The molecule has 1 aromatic heterocycles. The Hall–Kier alpha value is -1.85. The molecule has 1 aliphatic heterocycles. The van der Waals surface area contributed by atoms with Gasteiger partial charge < -0.3 is 9.52 Å². The molecule has 0 amide bonds. The summed E-state index contributed by atoms with van der Waals surface area (Å²) in [5.74, 6) is 0.328. The van der Waals surface area contributed by atoms with E-state index in [4.69, 9.17) is 16.0 Å². The second-order valence-electron chi connectivity index (χ2n) is 6.32. The third-order valence-corrected chi connectivity index (χ3v) is 4.88. The quantitative estimate of drug-likeness (QED) is 0.898. The molecule has 1 saturated heterocycles. The van der Waals surface area contributed by atoms with Crippen LogP contribution in [0.3, 0.4) is 0 Å². The maximum absolute atomic E-state index is 11.3. The van der Waals surface area contributed by atoms with Gasteiger partial charge in [0.2, 0.25) is 5.89 Å². The van der Waals surface area contributed by atoms with Gasteiger partial charge in [-0.05, 0) is 57.5 Å². The van der Waals surface area contributed by atoms with E-state index in [1.165, 1.54) is 0 Å². The molecule has 1 fully saturated rings. The molecule has 1 N–H and O–H groups in total. The fraction of sp³-hybridized carbons (Fsp3) is 0.444. The first-order valence-electron chi connectivity index (χ1n) is 8.16. The molecule has 2 aromatic rings. The zero-order valence-electron chi connectivity index (χ0n) is 13.8. The van der Waals surface area contributed by atoms with E-state index in [1.54, 1.807) is 0 Å². The SMILES string of the molecule is Cc1nc(C(C)N2CCCC(C(=O)O)C2)oc1-c1ccc(Cl)cc1. The summed E-state index contributed by atoms with van der Waals surface area (Å²) in [6, 6.07) is 7.41. The molecule has 24 heavy (non-hydrogen) atoms. The normalized spacial score (nSPS) is 20.0. The van der Waals surface area contributed by atoms with Crippen LogP contribution in [0.1, 0.15) is 37.4 Å². The number of carboxylic acids is 1. The number of aromatic nitrogens is 1. The number of benzene rings is 1. The predicted octanol–water partition coefficient (Wildman–Crippen LogP) is 4.16. The number of hydrogen-bond acceptors (Lipinski definition) is 4. The highest BCUT2D eigenvalue weighted by molar-refractivity contribution is 6.30.